The molecule has 1 nitrogen and oxygen atoms in total. The largest absolute Gasteiger partial charge is 0.256 e. The van der Waals surface area contributed by atoms with Crippen molar-refractivity contribution >= 4 is 0 Å². The Morgan fingerprint density at radius 2 is 1.24 bits per heavy atom. The zero-order chi connectivity index (χ0) is 20.5. The van der Waals surface area contributed by atoms with Gasteiger partial charge < -0.3 is 0 Å². The van der Waals surface area contributed by atoms with E-state index in [1.54, 1.807) is 0 Å². The normalized spacial score (nSPS) is 10.9. The van der Waals surface area contributed by atoms with Crippen molar-refractivity contribution in [2.75, 3.05) is 0 Å². The predicted octanol–water partition coefficient (Wildman–Crippen LogP) is 7.62. The van der Waals surface area contributed by atoms with Gasteiger partial charge in [-0.3, -0.25) is 4.98 Å². The number of rotatable bonds is 3. The monoisotopic (exact) mass is 377 g/mol. The van der Waals surface area contributed by atoms with Crippen LogP contribution in [0.2, 0.25) is 0 Å². The van der Waals surface area contributed by atoms with Crippen molar-refractivity contribution in [3.8, 4) is 33.5 Å². The van der Waals surface area contributed by atoms with Crippen LogP contribution >= 0.6 is 0 Å². The average Bonchev–Trinajstić information content (AvgIpc) is 2.70. The number of nitrogens with zero attached hydrogens (tertiary/aromatic N) is 1. The molecular formula is C28H27N. The molecule has 0 N–H and O–H groups in total. The summed E-state index contributed by atoms with van der Waals surface area (Å²) in [7, 11) is 0. The minimum absolute atomic E-state index is 1.02. The van der Waals surface area contributed by atoms with Gasteiger partial charge in [0.1, 0.15) is 0 Å². The molecule has 0 aliphatic rings. The highest BCUT2D eigenvalue weighted by atomic mass is 14.7. The molecule has 0 spiro atoms. The Balaban J connectivity index is 1.86. The molecule has 1 heteroatoms. The van der Waals surface area contributed by atoms with Crippen LogP contribution < -0.4 is 0 Å². The lowest BCUT2D eigenvalue weighted by Crippen LogP contribution is -1.95. The molecule has 0 radical (unpaired) electrons. The van der Waals surface area contributed by atoms with Gasteiger partial charge in [-0.15, -0.1) is 0 Å². The van der Waals surface area contributed by atoms with E-state index in [4.69, 9.17) is 4.98 Å². The SMILES string of the molecule is Cc1cc(C)c(-c2cc(-c3ccc(C)c(-c4ccccc4)c3)ncc2C)c(C)c1. The van der Waals surface area contributed by atoms with Gasteiger partial charge in [0, 0.05) is 11.8 Å². The zero-order valence-electron chi connectivity index (χ0n) is 17.9. The molecule has 0 aliphatic heterocycles. The van der Waals surface area contributed by atoms with Crippen molar-refractivity contribution in [1.82, 2.24) is 4.98 Å². The third-order valence-corrected chi connectivity index (χ3v) is 5.67. The molecule has 144 valence electrons. The minimum Gasteiger partial charge on any atom is -0.256 e. The molecule has 0 saturated carbocycles. The molecule has 4 aromatic rings. The van der Waals surface area contributed by atoms with Gasteiger partial charge in [0.05, 0.1) is 5.69 Å². The molecule has 29 heavy (non-hydrogen) atoms. The van der Waals surface area contributed by atoms with Crippen molar-refractivity contribution in [3.63, 3.8) is 0 Å². The topological polar surface area (TPSA) is 12.9 Å². The summed E-state index contributed by atoms with van der Waals surface area (Å²) < 4.78 is 0. The number of hydrogen-bond donors (Lipinski definition) is 0. The Morgan fingerprint density at radius 3 is 1.93 bits per heavy atom. The third-order valence-electron chi connectivity index (χ3n) is 5.67. The minimum atomic E-state index is 1.02. The lowest BCUT2D eigenvalue weighted by Gasteiger charge is -2.16. The Labute approximate surface area is 174 Å². The van der Waals surface area contributed by atoms with E-state index in [-0.39, 0.29) is 0 Å². The van der Waals surface area contributed by atoms with Crippen LogP contribution in [0, 0.1) is 34.6 Å². The highest BCUT2D eigenvalue weighted by Gasteiger charge is 2.13. The summed E-state index contributed by atoms with van der Waals surface area (Å²) in [4.78, 5) is 4.78. The van der Waals surface area contributed by atoms with Crippen LogP contribution in [0.1, 0.15) is 27.8 Å². The van der Waals surface area contributed by atoms with E-state index in [9.17, 15) is 0 Å². The molecule has 4 rings (SSSR count). The Morgan fingerprint density at radius 1 is 0.552 bits per heavy atom. The van der Waals surface area contributed by atoms with Crippen molar-refractivity contribution in [2.24, 2.45) is 0 Å². The summed E-state index contributed by atoms with van der Waals surface area (Å²) in [5, 5.41) is 0. The van der Waals surface area contributed by atoms with Crippen LogP contribution in [0.4, 0.5) is 0 Å². The number of hydrogen-bond acceptors (Lipinski definition) is 1. The van der Waals surface area contributed by atoms with Gasteiger partial charge in [0.2, 0.25) is 0 Å². The van der Waals surface area contributed by atoms with E-state index in [0.717, 1.165) is 11.3 Å². The summed E-state index contributed by atoms with van der Waals surface area (Å²) in [6, 6.07) is 24.0. The van der Waals surface area contributed by atoms with E-state index in [2.05, 4.69) is 101 Å². The van der Waals surface area contributed by atoms with Crippen LogP contribution in [0.25, 0.3) is 33.5 Å². The molecule has 0 fully saturated rings. The molecule has 0 aliphatic carbocycles. The van der Waals surface area contributed by atoms with Gasteiger partial charge in [0.15, 0.2) is 0 Å². The van der Waals surface area contributed by atoms with Crippen molar-refractivity contribution in [2.45, 2.75) is 34.6 Å². The van der Waals surface area contributed by atoms with Gasteiger partial charge >= 0.3 is 0 Å². The molecule has 0 atom stereocenters. The summed E-state index contributed by atoms with van der Waals surface area (Å²) in [5.41, 5.74) is 13.7. The number of pyridine rings is 1. The van der Waals surface area contributed by atoms with Crippen LogP contribution in [0.15, 0.2) is 72.9 Å². The predicted molar refractivity (Wildman–Crippen MR) is 124 cm³/mol. The first-order chi connectivity index (χ1) is 13.9. The first-order valence-corrected chi connectivity index (χ1v) is 10.2. The van der Waals surface area contributed by atoms with Crippen molar-refractivity contribution in [3.05, 3.63) is 101 Å². The molecule has 1 heterocycles. The smallest absolute Gasteiger partial charge is 0.0708 e. The first kappa shape index (κ1) is 19.1. The number of aromatic nitrogens is 1. The van der Waals surface area contributed by atoms with Gasteiger partial charge in [0.25, 0.3) is 0 Å². The van der Waals surface area contributed by atoms with Crippen LogP contribution in [-0.2, 0) is 0 Å². The van der Waals surface area contributed by atoms with Crippen LogP contribution in [0.5, 0.6) is 0 Å². The summed E-state index contributed by atoms with van der Waals surface area (Å²) in [5.74, 6) is 0. The highest BCUT2D eigenvalue weighted by Crippen LogP contribution is 2.34. The number of benzene rings is 3. The van der Waals surface area contributed by atoms with E-state index in [1.165, 1.54) is 50.1 Å². The van der Waals surface area contributed by atoms with Gasteiger partial charge in [-0.1, -0.05) is 60.2 Å². The lowest BCUT2D eigenvalue weighted by molar-refractivity contribution is 1.25. The maximum absolute atomic E-state index is 4.78. The maximum atomic E-state index is 4.78. The molecule has 1 aromatic heterocycles. The second kappa shape index (κ2) is 7.67. The van der Waals surface area contributed by atoms with Crippen LogP contribution in [-0.4, -0.2) is 4.98 Å². The molecule has 3 aromatic carbocycles. The van der Waals surface area contributed by atoms with Crippen molar-refractivity contribution < 1.29 is 0 Å². The molecule has 0 bridgehead atoms. The second-order valence-electron chi connectivity index (χ2n) is 8.05. The van der Waals surface area contributed by atoms with Crippen molar-refractivity contribution in [1.29, 1.82) is 0 Å². The Bertz CT molecular complexity index is 1160. The average molecular weight is 378 g/mol. The Kier molecular flexibility index (Phi) is 5.07. The summed E-state index contributed by atoms with van der Waals surface area (Å²) >= 11 is 0. The van der Waals surface area contributed by atoms with Crippen LogP contribution in [0.3, 0.4) is 0 Å². The number of aryl methyl sites for hydroxylation is 5. The van der Waals surface area contributed by atoms with E-state index >= 15 is 0 Å². The van der Waals surface area contributed by atoms with E-state index < -0.39 is 0 Å². The standard InChI is InChI=1S/C28H27N/c1-18-13-20(3)28(21(4)14-18)26-16-27(29-17-22(26)5)24-12-11-19(2)25(15-24)23-9-7-6-8-10-23/h6-17H,1-5H3. The molecular weight excluding hydrogens is 350 g/mol. The quantitative estimate of drug-likeness (QED) is 0.358. The molecule has 0 unspecified atom stereocenters. The second-order valence-corrected chi connectivity index (χ2v) is 8.05. The fraction of sp³-hybridized carbons (Fsp3) is 0.179. The first-order valence-electron chi connectivity index (χ1n) is 10.2. The fourth-order valence-corrected chi connectivity index (χ4v) is 4.27. The van der Waals surface area contributed by atoms with Gasteiger partial charge in [-0.25, -0.2) is 0 Å². The molecule has 0 saturated heterocycles. The third kappa shape index (κ3) is 3.73. The van der Waals surface area contributed by atoms with E-state index in [0.29, 0.717) is 0 Å². The molecule has 0 amide bonds. The van der Waals surface area contributed by atoms with E-state index in [1.807, 2.05) is 6.20 Å². The zero-order valence-corrected chi connectivity index (χ0v) is 17.9. The maximum Gasteiger partial charge on any atom is 0.0708 e. The highest BCUT2D eigenvalue weighted by molar-refractivity contribution is 5.79. The summed E-state index contributed by atoms with van der Waals surface area (Å²) in [6.45, 7) is 10.9. The van der Waals surface area contributed by atoms with Gasteiger partial charge in [-0.2, -0.15) is 0 Å². The Hall–Kier alpha value is -3.19. The summed E-state index contributed by atoms with van der Waals surface area (Å²) in [6.07, 6.45) is 2.01. The fourth-order valence-electron chi connectivity index (χ4n) is 4.27. The lowest BCUT2D eigenvalue weighted by atomic mass is 9.90. The van der Waals surface area contributed by atoms with Gasteiger partial charge in [-0.05, 0) is 91.3 Å².